The van der Waals surface area contributed by atoms with Crippen molar-refractivity contribution in [3.05, 3.63) is 47.5 Å². The van der Waals surface area contributed by atoms with Crippen LogP contribution in [0.4, 0.5) is 0 Å². The highest BCUT2D eigenvalue weighted by atomic mass is 35.5. The molecular weight excluding hydrogens is 308 g/mol. The molecule has 0 unspecified atom stereocenters. The Morgan fingerprint density at radius 2 is 1.70 bits per heavy atom. The molecular formula is C20H25ClO2. The summed E-state index contributed by atoms with van der Waals surface area (Å²) < 4.78 is 5.99. The number of aromatic hydroxyl groups is 1. The highest BCUT2D eigenvalue weighted by Gasteiger charge is 2.17. The van der Waals surface area contributed by atoms with Gasteiger partial charge in [-0.1, -0.05) is 50.4 Å². The number of benzene rings is 2. The molecule has 2 nitrogen and oxygen atoms in total. The zero-order valence-corrected chi connectivity index (χ0v) is 14.6. The molecule has 23 heavy (non-hydrogen) atoms. The summed E-state index contributed by atoms with van der Waals surface area (Å²) in [5.74, 6) is 1.61. The number of rotatable bonds is 4. The molecule has 0 aliphatic heterocycles. The lowest BCUT2D eigenvalue weighted by atomic mass is 10.0. The molecule has 0 atom stereocenters. The van der Waals surface area contributed by atoms with Gasteiger partial charge in [0.1, 0.15) is 11.5 Å². The molecule has 3 heteroatoms. The fourth-order valence-electron chi connectivity index (χ4n) is 2.88. The summed E-state index contributed by atoms with van der Waals surface area (Å²) in [6.45, 7) is 4.73. The fraction of sp³-hybridized carbons (Fsp3) is 0.400. The van der Waals surface area contributed by atoms with Gasteiger partial charge in [-0.3, -0.25) is 0 Å². The van der Waals surface area contributed by atoms with Gasteiger partial charge in [0, 0.05) is 16.7 Å². The molecule has 1 N–H and O–H groups in total. The van der Waals surface area contributed by atoms with Crippen molar-refractivity contribution >= 4 is 11.6 Å². The lowest BCUT2D eigenvalue weighted by molar-refractivity contribution is 0.252. The van der Waals surface area contributed by atoms with Gasteiger partial charge in [0.25, 0.3) is 0 Å². The number of halogens is 1. The molecule has 0 bridgehead atoms. The van der Waals surface area contributed by atoms with Gasteiger partial charge in [-0.15, -0.1) is 0 Å². The van der Waals surface area contributed by atoms with Crippen molar-refractivity contribution in [2.24, 2.45) is 5.92 Å². The first-order chi connectivity index (χ1) is 11.2. The number of ether oxygens (including phenoxy) is 1. The standard InChI is InChI=1S/C18H19ClO2.C2H6/c19-15-7-5-14(6-8-15)17-10-9-16(20)11-18(17)21-12-13-3-1-2-4-13;1-2/h5-11,13,20H,1-4,12H2;1-2H3. The minimum atomic E-state index is 0.231. The van der Waals surface area contributed by atoms with Gasteiger partial charge >= 0.3 is 0 Å². The normalized spacial score (nSPS) is 14.2. The zero-order chi connectivity index (χ0) is 16.7. The maximum Gasteiger partial charge on any atom is 0.130 e. The number of phenols is 1. The first-order valence-corrected chi connectivity index (χ1v) is 8.82. The molecule has 1 aliphatic carbocycles. The van der Waals surface area contributed by atoms with Crippen LogP contribution in [0, 0.1) is 5.92 Å². The van der Waals surface area contributed by atoms with Crippen molar-refractivity contribution in [2.45, 2.75) is 39.5 Å². The van der Waals surface area contributed by atoms with Crippen molar-refractivity contribution in [1.82, 2.24) is 0 Å². The van der Waals surface area contributed by atoms with E-state index in [1.165, 1.54) is 25.7 Å². The molecule has 3 rings (SSSR count). The van der Waals surface area contributed by atoms with Gasteiger partial charge in [0.2, 0.25) is 0 Å². The van der Waals surface area contributed by atoms with Crippen LogP contribution in [0.3, 0.4) is 0 Å². The van der Waals surface area contributed by atoms with E-state index >= 15 is 0 Å². The summed E-state index contributed by atoms with van der Waals surface area (Å²) in [4.78, 5) is 0. The van der Waals surface area contributed by atoms with Crippen molar-refractivity contribution < 1.29 is 9.84 Å². The second-order valence-electron chi connectivity index (χ2n) is 5.65. The van der Waals surface area contributed by atoms with Crippen LogP contribution in [0.2, 0.25) is 5.02 Å². The van der Waals surface area contributed by atoms with Crippen LogP contribution in [0.15, 0.2) is 42.5 Å². The predicted molar refractivity (Wildman–Crippen MR) is 97.4 cm³/mol. The Kier molecular flexibility index (Phi) is 6.79. The van der Waals surface area contributed by atoms with E-state index < -0.39 is 0 Å². The molecule has 1 saturated carbocycles. The van der Waals surface area contributed by atoms with E-state index in [4.69, 9.17) is 16.3 Å². The van der Waals surface area contributed by atoms with Crippen LogP contribution in [-0.4, -0.2) is 11.7 Å². The van der Waals surface area contributed by atoms with Crippen LogP contribution in [0.1, 0.15) is 39.5 Å². The summed E-state index contributed by atoms with van der Waals surface area (Å²) in [5.41, 5.74) is 2.03. The molecule has 0 spiro atoms. The van der Waals surface area contributed by atoms with Gasteiger partial charge in [0.15, 0.2) is 0 Å². The molecule has 0 aromatic heterocycles. The van der Waals surface area contributed by atoms with Crippen molar-refractivity contribution in [1.29, 1.82) is 0 Å². The summed E-state index contributed by atoms with van der Waals surface area (Å²) >= 11 is 5.94. The maximum absolute atomic E-state index is 9.72. The van der Waals surface area contributed by atoms with Crippen LogP contribution in [0.25, 0.3) is 11.1 Å². The van der Waals surface area contributed by atoms with E-state index in [0.29, 0.717) is 10.9 Å². The monoisotopic (exact) mass is 332 g/mol. The van der Waals surface area contributed by atoms with Gasteiger partial charge in [0.05, 0.1) is 6.61 Å². The molecule has 2 aromatic carbocycles. The lowest BCUT2D eigenvalue weighted by Crippen LogP contribution is -2.08. The highest BCUT2D eigenvalue weighted by molar-refractivity contribution is 6.30. The van der Waals surface area contributed by atoms with E-state index in [0.717, 1.165) is 23.5 Å². The van der Waals surface area contributed by atoms with Gasteiger partial charge in [-0.05, 0) is 48.6 Å². The minimum absolute atomic E-state index is 0.231. The third kappa shape index (κ3) is 4.90. The van der Waals surface area contributed by atoms with Crippen LogP contribution in [-0.2, 0) is 0 Å². The second-order valence-corrected chi connectivity index (χ2v) is 6.09. The van der Waals surface area contributed by atoms with Crippen LogP contribution < -0.4 is 4.74 Å². The molecule has 0 amide bonds. The van der Waals surface area contributed by atoms with Crippen molar-refractivity contribution in [3.63, 3.8) is 0 Å². The van der Waals surface area contributed by atoms with Gasteiger partial charge in [-0.2, -0.15) is 0 Å². The third-order valence-corrected chi connectivity index (χ3v) is 4.32. The first-order valence-electron chi connectivity index (χ1n) is 8.44. The summed E-state index contributed by atoms with van der Waals surface area (Å²) in [7, 11) is 0. The Morgan fingerprint density at radius 3 is 2.35 bits per heavy atom. The molecule has 124 valence electrons. The van der Waals surface area contributed by atoms with Crippen LogP contribution >= 0.6 is 11.6 Å². The third-order valence-electron chi connectivity index (χ3n) is 4.07. The molecule has 0 heterocycles. The Bertz CT molecular complexity index is 602. The highest BCUT2D eigenvalue weighted by Crippen LogP contribution is 2.35. The zero-order valence-electron chi connectivity index (χ0n) is 13.9. The second kappa shape index (κ2) is 8.83. The molecule has 2 aromatic rings. The quantitative estimate of drug-likeness (QED) is 0.711. The molecule has 1 aliphatic rings. The number of phenolic OH excluding ortho intramolecular Hbond substituents is 1. The summed E-state index contributed by atoms with van der Waals surface area (Å²) in [6.07, 6.45) is 5.10. The lowest BCUT2D eigenvalue weighted by Gasteiger charge is -2.15. The summed E-state index contributed by atoms with van der Waals surface area (Å²) in [5, 5.41) is 10.4. The SMILES string of the molecule is CC.Oc1ccc(-c2ccc(Cl)cc2)c(OCC2CCCC2)c1. The average molecular weight is 333 g/mol. The average Bonchev–Trinajstić information content (AvgIpc) is 3.09. The Labute approximate surface area is 144 Å². The Morgan fingerprint density at radius 1 is 1.04 bits per heavy atom. The van der Waals surface area contributed by atoms with Gasteiger partial charge < -0.3 is 9.84 Å². The number of hydrogen-bond acceptors (Lipinski definition) is 2. The molecule has 0 saturated heterocycles. The van der Waals surface area contributed by atoms with E-state index in [-0.39, 0.29) is 5.75 Å². The van der Waals surface area contributed by atoms with E-state index in [1.54, 1.807) is 12.1 Å². The maximum atomic E-state index is 9.72. The minimum Gasteiger partial charge on any atom is -0.508 e. The summed E-state index contributed by atoms with van der Waals surface area (Å²) in [6, 6.07) is 12.9. The molecule has 0 radical (unpaired) electrons. The Balaban J connectivity index is 0.000000924. The Hall–Kier alpha value is -1.67. The first kappa shape index (κ1) is 17.7. The van der Waals surface area contributed by atoms with E-state index in [9.17, 15) is 5.11 Å². The van der Waals surface area contributed by atoms with E-state index in [2.05, 4.69) is 0 Å². The fourth-order valence-corrected chi connectivity index (χ4v) is 3.01. The largest absolute Gasteiger partial charge is 0.508 e. The molecule has 1 fully saturated rings. The number of hydrogen-bond donors (Lipinski definition) is 1. The van der Waals surface area contributed by atoms with Crippen LogP contribution in [0.5, 0.6) is 11.5 Å². The van der Waals surface area contributed by atoms with Gasteiger partial charge in [-0.25, -0.2) is 0 Å². The smallest absolute Gasteiger partial charge is 0.130 e. The predicted octanol–water partition coefficient (Wildman–Crippen LogP) is 6.31. The van der Waals surface area contributed by atoms with E-state index in [1.807, 2.05) is 44.2 Å². The van der Waals surface area contributed by atoms with Crippen molar-refractivity contribution in [3.8, 4) is 22.6 Å². The topological polar surface area (TPSA) is 29.5 Å². The van der Waals surface area contributed by atoms with Crippen molar-refractivity contribution in [2.75, 3.05) is 6.61 Å².